The van der Waals surface area contributed by atoms with Crippen LogP contribution in [0.5, 0.6) is 17.2 Å². The van der Waals surface area contributed by atoms with Crippen molar-refractivity contribution in [2.75, 3.05) is 31.3 Å². The van der Waals surface area contributed by atoms with Crippen LogP contribution in [0, 0.1) is 16.0 Å². The van der Waals surface area contributed by atoms with Crippen molar-refractivity contribution < 1.29 is 33.6 Å². The van der Waals surface area contributed by atoms with Gasteiger partial charge in [0, 0.05) is 17.7 Å². The van der Waals surface area contributed by atoms with Gasteiger partial charge in [-0.2, -0.15) is 0 Å². The SMILES string of the molecule is CCc1ccc(N2C(=O)[C@H]3[C@H](ON(c4cccc([N+](=O)[O-])c4)[C@@H]3c3ccc(OC)c(OC)c3OC)C2=O)cc1. The highest BCUT2D eigenvalue weighted by Crippen LogP contribution is 2.52. The van der Waals surface area contributed by atoms with E-state index in [0.29, 0.717) is 28.4 Å². The van der Waals surface area contributed by atoms with Gasteiger partial charge in [0.05, 0.1) is 37.6 Å². The Balaban J connectivity index is 1.66. The Morgan fingerprint density at radius 3 is 2.23 bits per heavy atom. The van der Waals surface area contributed by atoms with E-state index in [-0.39, 0.29) is 11.4 Å². The number of nitro benzene ring substituents is 1. The summed E-state index contributed by atoms with van der Waals surface area (Å²) in [5.41, 5.74) is 2.14. The van der Waals surface area contributed by atoms with Crippen LogP contribution in [-0.2, 0) is 20.8 Å². The second-order valence-electron chi connectivity index (χ2n) is 9.05. The number of nitro groups is 1. The smallest absolute Gasteiger partial charge is 0.271 e. The van der Waals surface area contributed by atoms with Crippen molar-refractivity contribution in [2.24, 2.45) is 5.92 Å². The van der Waals surface area contributed by atoms with Gasteiger partial charge in [0.1, 0.15) is 12.0 Å². The van der Waals surface area contributed by atoms with Crippen molar-refractivity contribution in [3.63, 3.8) is 0 Å². The highest BCUT2D eigenvalue weighted by atomic mass is 16.7. The minimum absolute atomic E-state index is 0.165. The number of anilines is 2. The molecule has 0 radical (unpaired) electrons. The summed E-state index contributed by atoms with van der Waals surface area (Å²) in [6.07, 6.45) is -0.346. The number of hydrogen-bond donors (Lipinski definition) is 0. The maximum absolute atomic E-state index is 14.0. The highest BCUT2D eigenvalue weighted by molar-refractivity contribution is 6.24. The summed E-state index contributed by atoms with van der Waals surface area (Å²) >= 11 is 0. The quantitative estimate of drug-likeness (QED) is 0.238. The lowest BCUT2D eigenvalue weighted by Gasteiger charge is -2.30. The van der Waals surface area contributed by atoms with Crippen molar-refractivity contribution in [1.82, 2.24) is 0 Å². The van der Waals surface area contributed by atoms with Crippen molar-refractivity contribution >= 4 is 28.9 Å². The van der Waals surface area contributed by atoms with Gasteiger partial charge < -0.3 is 14.2 Å². The molecule has 0 N–H and O–H groups in total. The second-order valence-corrected chi connectivity index (χ2v) is 9.05. The molecular weight excluding hydrogens is 506 g/mol. The van der Waals surface area contributed by atoms with E-state index >= 15 is 0 Å². The lowest BCUT2D eigenvalue weighted by Crippen LogP contribution is -2.37. The highest BCUT2D eigenvalue weighted by Gasteiger charge is 2.61. The summed E-state index contributed by atoms with van der Waals surface area (Å²) in [6, 6.07) is 15.5. The van der Waals surface area contributed by atoms with Gasteiger partial charge in [0.25, 0.3) is 11.6 Å². The molecule has 11 nitrogen and oxygen atoms in total. The number of benzene rings is 3. The molecule has 3 atom stereocenters. The first-order valence-corrected chi connectivity index (χ1v) is 12.3. The van der Waals surface area contributed by atoms with E-state index in [1.54, 1.807) is 30.3 Å². The molecule has 0 aromatic heterocycles. The van der Waals surface area contributed by atoms with Crippen molar-refractivity contribution in [3.8, 4) is 17.2 Å². The van der Waals surface area contributed by atoms with Crippen LogP contribution in [0.3, 0.4) is 0 Å². The summed E-state index contributed by atoms with van der Waals surface area (Å²) in [5.74, 6) is -0.969. The molecule has 0 bridgehead atoms. The van der Waals surface area contributed by atoms with E-state index in [1.165, 1.54) is 44.6 Å². The van der Waals surface area contributed by atoms with Crippen molar-refractivity contribution in [1.29, 1.82) is 0 Å². The number of fused-ring (bicyclic) bond motifs is 1. The molecule has 3 aromatic rings. The first-order chi connectivity index (χ1) is 18.8. The van der Waals surface area contributed by atoms with Gasteiger partial charge >= 0.3 is 0 Å². The average Bonchev–Trinajstić information content (AvgIpc) is 3.47. The molecule has 39 heavy (non-hydrogen) atoms. The van der Waals surface area contributed by atoms with Crippen molar-refractivity contribution in [2.45, 2.75) is 25.5 Å². The number of hydroxylamine groups is 1. The Kier molecular flexibility index (Phi) is 6.83. The van der Waals surface area contributed by atoms with Gasteiger partial charge in [0.15, 0.2) is 17.6 Å². The number of nitrogens with zero attached hydrogens (tertiary/aromatic N) is 3. The zero-order valence-corrected chi connectivity index (χ0v) is 21.8. The Morgan fingerprint density at radius 1 is 0.897 bits per heavy atom. The zero-order chi connectivity index (χ0) is 27.8. The maximum atomic E-state index is 14.0. The summed E-state index contributed by atoms with van der Waals surface area (Å²) in [5, 5.41) is 12.9. The van der Waals surface area contributed by atoms with Crippen LogP contribution >= 0.6 is 0 Å². The van der Waals surface area contributed by atoms with Crippen LogP contribution in [0.1, 0.15) is 24.1 Å². The first-order valence-electron chi connectivity index (χ1n) is 12.3. The molecule has 11 heteroatoms. The van der Waals surface area contributed by atoms with Gasteiger partial charge in [-0.05, 0) is 42.3 Å². The van der Waals surface area contributed by atoms with E-state index in [0.717, 1.165) is 16.9 Å². The third-order valence-corrected chi connectivity index (χ3v) is 7.07. The summed E-state index contributed by atoms with van der Waals surface area (Å²) in [4.78, 5) is 45.9. The lowest BCUT2D eigenvalue weighted by molar-refractivity contribution is -0.384. The van der Waals surface area contributed by atoms with E-state index < -0.39 is 34.8 Å². The average molecular weight is 534 g/mol. The predicted octanol–water partition coefficient (Wildman–Crippen LogP) is 4.23. The summed E-state index contributed by atoms with van der Waals surface area (Å²) in [6.45, 7) is 2.02. The maximum Gasteiger partial charge on any atom is 0.271 e. The minimum Gasteiger partial charge on any atom is -0.493 e. The van der Waals surface area contributed by atoms with Crippen LogP contribution in [0.15, 0.2) is 60.7 Å². The number of amides is 2. The van der Waals surface area contributed by atoms with Gasteiger partial charge in [-0.3, -0.25) is 24.5 Å². The molecule has 5 rings (SSSR count). The molecule has 2 aliphatic rings. The van der Waals surface area contributed by atoms with Gasteiger partial charge in [-0.15, -0.1) is 0 Å². The normalized spacial score (nSPS) is 20.3. The first kappa shape index (κ1) is 26.0. The van der Waals surface area contributed by atoms with Gasteiger partial charge in [-0.1, -0.05) is 25.1 Å². The van der Waals surface area contributed by atoms with Gasteiger partial charge in [0.2, 0.25) is 11.7 Å². The molecule has 0 spiro atoms. The van der Waals surface area contributed by atoms with Crippen LogP contribution in [0.25, 0.3) is 0 Å². The number of imide groups is 1. The molecule has 2 aliphatic heterocycles. The monoisotopic (exact) mass is 533 g/mol. The fraction of sp³-hybridized carbons (Fsp3) is 0.286. The molecule has 2 saturated heterocycles. The zero-order valence-electron chi connectivity index (χ0n) is 21.8. The Morgan fingerprint density at radius 2 is 1.62 bits per heavy atom. The third kappa shape index (κ3) is 4.20. The van der Waals surface area contributed by atoms with Crippen LogP contribution in [0.2, 0.25) is 0 Å². The fourth-order valence-electron chi connectivity index (χ4n) is 5.19. The molecule has 0 saturated carbocycles. The molecule has 202 valence electrons. The fourth-order valence-corrected chi connectivity index (χ4v) is 5.19. The molecule has 3 aromatic carbocycles. The number of ether oxygens (including phenoxy) is 3. The predicted molar refractivity (Wildman–Crippen MR) is 141 cm³/mol. The Hall–Kier alpha value is -4.64. The minimum atomic E-state index is -1.16. The van der Waals surface area contributed by atoms with Crippen LogP contribution < -0.4 is 24.2 Å². The standard InChI is InChI=1S/C28H27N3O8/c1-5-16-9-11-17(12-10-16)29-27(32)22-23(20-13-14-21(36-2)25(38-4)24(20)37-3)30(39-26(22)28(29)33)18-7-6-8-19(15-18)31(34)35/h6-15,22-23,26H,5H2,1-4H3/t22-,23-,26+/m1/s1. The van der Waals surface area contributed by atoms with Crippen molar-refractivity contribution in [3.05, 3.63) is 81.9 Å². The Labute approximate surface area is 224 Å². The van der Waals surface area contributed by atoms with E-state index in [1.807, 2.05) is 19.1 Å². The number of carbonyl (C=O) groups excluding carboxylic acids is 2. The Bertz CT molecular complexity index is 1440. The van der Waals surface area contributed by atoms with E-state index in [9.17, 15) is 19.7 Å². The summed E-state index contributed by atoms with van der Waals surface area (Å²) < 4.78 is 16.7. The van der Waals surface area contributed by atoms with E-state index in [4.69, 9.17) is 19.0 Å². The lowest BCUT2D eigenvalue weighted by atomic mass is 9.89. The molecule has 2 fully saturated rings. The number of aryl methyl sites for hydroxylation is 1. The summed E-state index contributed by atoms with van der Waals surface area (Å²) in [7, 11) is 4.40. The van der Waals surface area contributed by atoms with Crippen LogP contribution in [-0.4, -0.2) is 44.2 Å². The molecular formula is C28H27N3O8. The number of methoxy groups -OCH3 is 3. The largest absolute Gasteiger partial charge is 0.493 e. The number of hydrogen-bond acceptors (Lipinski definition) is 9. The van der Waals surface area contributed by atoms with Crippen LogP contribution in [0.4, 0.5) is 17.1 Å². The third-order valence-electron chi connectivity index (χ3n) is 7.07. The second kappa shape index (κ2) is 10.3. The van der Waals surface area contributed by atoms with Gasteiger partial charge in [-0.25, -0.2) is 9.96 Å². The number of rotatable bonds is 8. The topological polar surface area (TPSA) is 121 Å². The number of carbonyl (C=O) groups is 2. The molecule has 0 unspecified atom stereocenters. The van der Waals surface area contributed by atoms with E-state index in [2.05, 4.69) is 0 Å². The molecule has 0 aliphatic carbocycles. The number of non-ortho nitro benzene ring substituents is 1. The molecule has 2 heterocycles. The molecule has 2 amide bonds.